The third-order valence-electron chi connectivity index (χ3n) is 3.25. The summed E-state index contributed by atoms with van der Waals surface area (Å²) in [6, 6.07) is 7.91. The highest BCUT2D eigenvalue weighted by Gasteiger charge is 2.20. The molecule has 1 aromatic carbocycles. The van der Waals surface area contributed by atoms with Crippen LogP contribution < -0.4 is 5.32 Å². The van der Waals surface area contributed by atoms with Crippen molar-refractivity contribution in [3.05, 3.63) is 48.3 Å². The van der Waals surface area contributed by atoms with Gasteiger partial charge in [-0.25, -0.2) is 14.6 Å². The molecule has 0 saturated carbocycles. The Labute approximate surface area is 161 Å². The van der Waals surface area contributed by atoms with E-state index in [0.717, 1.165) is 10.7 Å². The molecular weight excluding hydrogens is 370 g/mol. The quantitative estimate of drug-likeness (QED) is 0.590. The number of Topliss-reactive ketones (excluding diaryl/α,β-unsaturated/α-hetero) is 1. The number of aromatic nitrogens is 2. The number of carbonyl (C=O) groups is 3. The Morgan fingerprint density at radius 2 is 2.00 bits per heavy atom. The van der Waals surface area contributed by atoms with Gasteiger partial charge in [0.1, 0.15) is 18.4 Å². The zero-order valence-corrected chi connectivity index (χ0v) is 16.0. The molecule has 1 aromatic heterocycles. The van der Waals surface area contributed by atoms with Crippen LogP contribution in [0.1, 0.15) is 25.3 Å². The number of hydrogen-bond acceptors (Lipinski definition) is 6. The average molecular weight is 393 g/mol. The number of alkyl carbamates (subject to hydrolysis) is 1. The molecule has 1 amide bonds. The maximum Gasteiger partial charge on any atom is 0.408 e. The van der Waals surface area contributed by atoms with Crippen LogP contribution in [0.5, 0.6) is 0 Å². The lowest BCUT2D eigenvalue weighted by molar-refractivity contribution is -0.139. The standard InChI is InChI=1S/C14H17NO5.C4H6N2S/c1-10(16)7-8-12(13(17)18)15-14(19)20-9-11-5-3-2-4-6-11;1-7-4-5-2-3-6-4/h2-6,12H,7-9H2,1H3,(H,15,19)(H,17,18);2-3H,1H3,(H,5,6)/t12-;/m0./s1. The van der Waals surface area contributed by atoms with E-state index in [2.05, 4.69) is 15.3 Å². The summed E-state index contributed by atoms with van der Waals surface area (Å²) >= 11 is 1.61. The minimum Gasteiger partial charge on any atom is -0.480 e. The van der Waals surface area contributed by atoms with Gasteiger partial charge in [0.05, 0.1) is 0 Å². The maximum atomic E-state index is 11.5. The second-order valence-corrected chi connectivity index (χ2v) is 6.23. The van der Waals surface area contributed by atoms with E-state index in [9.17, 15) is 14.4 Å². The Bertz CT molecular complexity index is 707. The molecule has 0 spiro atoms. The van der Waals surface area contributed by atoms with Gasteiger partial charge in [-0.2, -0.15) is 0 Å². The largest absolute Gasteiger partial charge is 0.480 e. The van der Waals surface area contributed by atoms with Gasteiger partial charge in [0, 0.05) is 18.8 Å². The summed E-state index contributed by atoms with van der Waals surface area (Å²) in [4.78, 5) is 40.1. The first-order valence-electron chi connectivity index (χ1n) is 8.15. The molecule has 0 fully saturated rings. The van der Waals surface area contributed by atoms with Gasteiger partial charge in [-0.05, 0) is 25.2 Å². The molecule has 0 aliphatic rings. The maximum absolute atomic E-state index is 11.5. The van der Waals surface area contributed by atoms with E-state index in [1.54, 1.807) is 30.1 Å². The lowest BCUT2D eigenvalue weighted by atomic mass is 10.1. The monoisotopic (exact) mass is 393 g/mol. The molecule has 0 saturated heterocycles. The number of aromatic amines is 1. The number of rotatable bonds is 8. The van der Waals surface area contributed by atoms with E-state index in [4.69, 9.17) is 9.84 Å². The van der Waals surface area contributed by atoms with Crippen molar-refractivity contribution in [3.8, 4) is 0 Å². The molecule has 1 atom stereocenters. The molecule has 146 valence electrons. The third kappa shape index (κ3) is 10.0. The summed E-state index contributed by atoms with van der Waals surface area (Å²) in [5.41, 5.74) is 0.804. The highest BCUT2D eigenvalue weighted by molar-refractivity contribution is 7.98. The molecule has 0 bridgehead atoms. The average Bonchev–Trinajstić information content (AvgIpc) is 3.18. The minimum atomic E-state index is -1.19. The molecule has 2 rings (SSSR count). The number of carboxylic acid groups (broad SMARTS) is 1. The molecule has 0 aliphatic carbocycles. The van der Waals surface area contributed by atoms with Crippen LogP contribution in [0.4, 0.5) is 4.79 Å². The van der Waals surface area contributed by atoms with Crippen molar-refractivity contribution < 1.29 is 24.2 Å². The number of aliphatic carboxylic acids is 1. The van der Waals surface area contributed by atoms with Crippen LogP contribution in [0.2, 0.25) is 0 Å². The molecule has 0 unspecified atom stereocenters. The zero-order valence-electron chi connectivity index (χ0n) is 15.2. The number of carbonyl (C=O) groups excluding carboxylic acids is 2. The summed E-state index contributed by atoms with van der Waals surface area (Å²) in [6.45, 7) is 1.43. The number of benzene rings is 1. The highest BCUT2D eigenvalue weighted by atomic mass is 32.2. The van der Waals surface area contributed by atoms with Crippen LogP contribution in [-0.4, -0.2) is 45.2 Å². The van der Waals surface area contributed by atoms with Crippen LogP contribution in [0.25, 0.3) is 0 Å². The molecule has 0 radical (unpaired) electrons. The van der Waals surface area contributed by atoms with Gasteiger partial charge in [0.25, 0.3) is 0 Å². The van der Waals surface area contributed by atoms with Crippen molar-refractivity contribution >= 4 is 29.6 Å². The van der Waals surface area contributed by atoms with Crippen molar-refractivity contribution in [2.24, 2.45) is 0 Å². The Hall–Kier alpha value is -2.81. The number of ether oxygens (including phenoxy) is 1. The highest BCUT2D eigenvalue weighted by Crippen LogP contribution is 2.04. The number of carboxylic acids is 1. The Balaban J connectivity index is 0.000000433. The number of nitrogens with one attached hydrogen (secondary N) is 2. The van der Waals surface area contributed by atoms with Gasteiger partial charge in [-0.1, -0.05) is 42.1 Å². The van der Waals surface area contributed by atoms with Gasteiger partial charge in [-0.3, -0.25) is 0 Å². The van der Waals surface area contributed by atoms with E-state index in [0.29, 0.717) is 0 Å². The summed E-state index contributed by atoms with van der Waals surface area (Å²) in [6.07, 6.45) is 4.86. The number of H-pyrrole nitrogens is 1. The topological polar surface area (TPSA) is 121 Å². The third-order valence-corrected chi connectivity index (χ3v) is 3.86. The van der Waals surface area contributed by atoms with E-state index >= 15 is 0 Å². The van der Waals surface area contributed by atoms with Crippen LogP contribution >= 0.6 is 11.8 Å². The number of hydrogen-bond donors (Lipinski definition) is 3. The fourth-order valence-electron chi connectivity index (χ4n) is 1.87. The second kappa shape index (κ2) is 12.5. The van der Waals surface area contributed by atoms with Crippen molar-refractivity contribution in [1.29, 1.82) is 0 Å². The fraction of sp³-hybridized carbons (Fsp3) is 0.333. The van der Waals surface area contributed by atoms with E-state index in [1.807, 2.05) is 30.7 Å². The first-order chi connectivity index (χ1) is 12.9. The van der Waals surface area contributed by atoms with Crippen LogP contribution in [0, 0.1) is 0 Å². The lowest BCUT2D eigenvalue weighted by Gasteiger charge is -2.13. The van der Waals surface area contributed by atoms with Gasteiger partial charge < -0.3 is 24.9 Å². The number of imidazole rings is 1. The molecule has 27 heavy (non-hydrogen) atoms. The Morgan fingerprint density at radius 3 is 2.48 bits per heavy atom. The van der Waals surface area contributed by atoms with E-state index < -0.39 is 18.1 Å². The summed E-state index contributed by atoms with van der Waals surface area (Å²) < 4.78 is 4.92. The Morgan fingerprint density at radius 1 is 1.30 bits per heavy atom. The van der Waals surface area contributed by atoms with Crippen molar-refractivity contribution in [1.82, 2.24) is 15.3 Å². The van der Waals surface area contributed by atoms with Crippen molar-refractivity contribution in [2.75, 3.05) is 6.26 Å². The lowest BCUT2D eigenvalue weighted by Crippen LogP contribution is -2.41. The number of ketones is 1. The van der Waals surface area contributed by atoms with Crippen LogP contribution in [-0.2, 0) is 20.9 Å². The SMILES string of the molecule is CC(=O)CC[C@H](NC(=O)OCc1ccccc1)C(=O)O.CSc1ncc[nH]1. The van der Waals surface area contributed by atoms with Gasteiger partial charge in [0.15, 0.2) is 5.16 Å². The molecule has 8 nitrogen and oxygen atoms in total. The van der Waals surface area contributed by atoms with E-state index in [-0.39, 0.29) is 25.2 Å². The number of nitrogens with zero attached hydrogens (tertiary/aromatic N) is 1. The smallest absolute Gasteiger partial charge is 0.408 e. The molecular formula is C18H23N3O5S. The van der Waals surface area contributed by atoms with E-state index in [1.165, 1.54) is 6.92 Å². The predicted octanol–water partition coefficient (Wildman–Crippen LogP) is 2.87. The summed E-state index contributed by atoms with van der Waals surface area (Å²) in [7, 11) is 0. The summed E-state index contributed by atoms with van der Waals surface area (Å²) in [5.74, 6) is -1.32. The van der Waals surface area contributed by atoms with Crippen molar-refractivity contribution in [2.45, 2.75) is 37.6 Å². The van der Waals surface area contributed by atoms with Crippen LogP contribution in [0.15, 0.2) is 47.9 Å². The zero-order chi connectivity index (χ0) is 20.1. The normalized spacial score (nSPS) is 10.9. The molecule has 3 N–H and O–H groups in total. The van der Waals surface area contributed by atoms with Crippen molar-refractivity contribution in [3.63, 3.8) is 0 Å². The minimum absolute atomic E-state index is 0.0467. The van der Waals surface area contributed by atoms with Gasteiger partial charge in [-0.15, -0.1) is 0 Å². The Kier molecular flexibility index (Phi) is 10.3. The fourth-order valence-corrected chi connectivity index (χ4v) is 2.23. The number of amides is 1. The first-order valence-corrected chi connectivity index (χ1v) is 9.37. The predicted molar refractivity (Wildman–Crippen MR) is 101 cm³/mol. The molecule has 9 heteroatoms. The molecule has 2 aromatic rings. The first kappa shape index (κ1) is 22.2. The van der Waals surface area contributed by atoms with Gasteiger partial charge in [0.2, 0.25) is 0 Å². The second-order valence-electron chi connectivity index (χ2n) is 5.44. The number of thioether (sulfide) groups is 1. The van der Waals surface area contributed by atoms with Crippen LogP contribution in [0.3, 0.4) is 0 Å². The molecule has 1 heterocycles. The molecule has 0 aliphatic heterocycles. The summed E-state index contributed by atoms with van der Waals surface area (Å²) in [5, 5.41) is 12.1. The van der Waals surface area contributed by atoms with Gasteiger partial charge >= 0.3 is 12.1 Å².